The summed E-state index contributed by atoms with van der Waals surface area (Å²) in [6.45, 7) is 3.93. The van der Waals surface area contributed by atoms with Gasteiger partial charge in [0.05, 0.1) is 6.20 Å². The lowest BCUT2D eigenvalue weighted by molar-refractivity contribution is 0.173. The van der Waals surface area contributed by atoms with E-state index in [9.17, 15) is 0 Å². The molecule has 0 bridgehead atoms. The smallest absolute Gasteiger partial charge is 0.157 e. The Morgan fingerprint density at radius 2 is 2.04 bits per heavy atom. The summed E-state index contributed by atoms with van der Waals surface area (Å²) in [6.07, 6.45) is 5.98. The molecule has 6 heteroatoms. The Kier molecular flexibility index (Phi) is 3.55. The third-order valence-electron chi connectivity index (χ3n) is 5.08. The van der Waals surface area contributed by atoms with Crippen molar-refractivity contribution >= 4 is 22.4 Å². The molecule has 0 spiro atoms. The number of benzene rings is 1. The molecule has 0 saturated carbocycles. The van der Waals surface area contributed by atoms with Gasteiger partial charge in [-0.25, -0.2) is 4.98 Å². The van der Waals surface area contributed by atoms with Crippen molar-refractivity contribution in [3.8, 4) is 5.75 Å². The fraction of sp³-hybridized carbons (Fsp3) is 0.300. The second-order valence-electron chi connectivity index (χ2n) is 6.86. The zero-order valence-corrected chi connectivity index (χ0v) is 14.7. The molecule has 1 aromatic carbocycles. The molecule has 1 aliphatic heterocycles. The van der Waals surface area contributed by atoms with Crippen LogP contribution < -0.4 is 9.64 Å². The molecule has 0 amide bonds. The first-order chi connectivity index (χ1) is 12.8. The minimum absolute atomic E-state index is 0.239. The van der Waals surface area contributed by atoms with Crippen LogP contribution in [0.4, 0.5) is 5.82 Å². The quantitative estimate of drug-likeness (QED) is 0.615. The molecule has 6 nitrogen and oxygen atoms in total. The number of fused-ring (bicyclic) bond motifs is 2. The Balaban J connectivity index is 1.33. The number of rotatable bonds is 3. The van der Waals surface area contributed by atoms with Gasteiger partial charge < -0.3 is 14.6 Å². The Morgan fingerprint density at radius 1 is 1.15 bits per heavy atom. The van der Waals surface area contributed by atoms with E-state index in [0.717, 1.165) is 59.7 Å². The minimum atomic E-state index is 0.239. The largest absolute Gasteiger partial charge is 0.490 e. The van der Waals surface area contributed by atoms with Gasteiger partial charge in [-0.1, -0.05) is 6.07 Å². The van der Waals surface area contributed by atoms with Gasteiger partial charge in [-0.3, -0.25) is 0 Å². The lowest BCUT2D eigenvalue weighted by Gasteiger charge is -2.33. The van der Waals surface area contributed by atoms with Gasteiger partial charge in [-0.05, 0) is 25.1 Å². The zero-order valence-electron chi connectivity index (χ0n) is 14.7. The van der Waals surface area contributed by atoms with E-state index < -0.39 is 0 Å². The zero-order chi connectivity index (χ0) is 17.5. The molecule has 0 unspecified atom stereocenters. The highest BCUT2D eigenvalue weighted by molar-refractivity contribution is 5.85. The van der Waals surface area contributed by atoms with E-state index in [1.54, 1.807) is 6.20 Å². The standard InChI is InChI=1S/C20H21N5O/c1-14-13-20(25-19(23-14)6-10-22-25)24-11-7-15(8-12-24)26-18-4-2-3-17-16(18)5-9-21-17/h2-6,9-10,13,15,21H,7-8,11-12H2,1H3. The first-order valence-electron chi connectivity index (χ1n) is 9.07. The maximum Gasteiger partial charge on any atom is 0.157 e. The summed E-state index contributed by atoms with van der Waals surface area (Å²) in [4.78, 5) is 10.2. The van der Waals surface area contributed by atoms with Crippen LogP contribution in [0.1, 0.15) is 18.5 Å². The number of H-pyrrole nitrogens is 1. The van der Waals surface area contributed by atoms with E-state index >= 15 is 0 Å². The second kappa shape index (κ2) is 6.05. The summed E-state index contributed by atoms with van der Waals surface area (Å²) in [5, 5.41) is 5.58. The van der Waals surface area contributed by atoms with Gasteiger partial charge in [-0.2, -0.15) is 9.61 Å². The van der Waals surface area contributed by atoms with E-state index in [1.165, 1.54) is 0 Å². The number of piperidine rings is 1. The molecule has 0 atom stereocenters. The molecule has 4 heterocycles. The number of hydrogen-bond donors (Lipinski definition) is 1. The molecular formula is C20H21N5O. The van der Waals surface area contributed by atoms with E-state index in [2.05, 4.69) is 44.2 Å². The normalized spacial score (nSPS) is 15.8. The molecule has 1 N–H and O–H groups in total. The third-order valence-corrected chi connectivity index (χ3v) is 5.08. The fourth-order valence-corrected chi connectivity index (χ4v) is 3.79. The molecule has 1 fully saturated rings. The molecule has 0 radical (unpaired) electrons. The van der Waals surface area contributed by atoms with E-state index in [1.807, 2.05) is 29.8 Å². The van der Waals surface area contributed by atoms with Crippen LogP contribution >= 0.6 is 0 Å². The van der Waals surface area contributed by atoms with Crippen molar-refractivity contribution in [1.29, 1.82) is 0 Å². The summed E-state index contributed by atoms with van der Waals surface area (Å²) < 4.78 is 8.25. The predicted octanol–water partition coefficient (Wildman–Crippen LogP) is 3.57. The number of aromatic nitrogens is 4. The number of aromatic amines is 1. The highest BCUT2D eigenvalue weighted by Crippen LogP contribution is 2.28. The molecule has 3 aromatic heterocycles. The second-order valence-corrected chi connectivity index (χ2v) is 6.86. The fourth-order valence-electron chi connectivity index (χ4n) is 3.79. The summed E-state index contributed by atoms with van der Waals surface area (Å²) in [7, 11) is 0. The van der Waals surface area contributed by atoms with Gasteiger partial charge in [0.2, 0.25) is 0 Å². The average Bonchev–Trinajstić information content (AvgIpc) is 3.31. The molecule has 1 aliphatic rings. The lowest BCUT2D eigenvalue weighted by atomic mass is 10.1. The number of nitrogens with one attached hydrogen (secondary N) is 1. The van der Waals surface area contributed by atoms with Crippen molar-refractivity contribution < 1.29 is 4.74 Å². The molecular weight excluding hydrogens is 326 g/mol. The van der Waals surface area contributed by atoms with Crippen LogP contribution in [0.15, 0.2) is 48.8 Å². The number of anilines is 1. The van der Waals surface area contributed by atoms with Crippen LogP contribution in [0.5, 0.6) is 5.75 Å². The molecule has 0 aliphatic carbocycles. The van der Waals surface area contributed by atoms with Crippen LogP contribution in [0.25, 0.3) is 16.6 Å². The Hall–Kier alpha value is -3.02. The molecule has 4 aromatic rings. The van der Waals surface area contributed by atoms with Crippen molar-refractivity contribution in [2.24, 2.45) is 0 Å². The van der Waals surface area contributed by atoms with Crippen LogP contribution in [0.2, 0.25) is 0 Å². The van der Waals surface area contributed by atoms with Crippen LogP contribution in [-0.4, -0.2) is 38.8 Å². The van der Waals surface area contributed by atoms with Gasteiger partial charge in [0.1, 0.15) is 17.7 Å². The third kappa shape index (κ3) is 2.58. The summed E-state index contributed by atoms with van der Waals surface area (Å²) >= 11 is 0. The lowest BCUT2D eigenvalue weighted by Crippen LogP contribution is -2.39. The number of nitrogens with zero attached hydrogens (tertiary/aromatic N) is 4. The van der Waals surface area contributed by atoms with Gasteiger partial charge >= 0.3 is 0 Å². The maximum atomic E-state index is 6.33. The van der Waals surface area contributed by atoms with Gasteiger partial charge in [-0.15, -0.1) is 0 Å². The van der Waals surface area contributed by atoms with E-state index in [0.29, 0.717) is 0 Å². The molecule has 132 valence electrons. The summed E-state index contributed by atoms with van der Waals surface area (Å²) in [6, 6.07) is 12.3. The monoisotopic (exact) mass is 347 g/mol. The highest BCUT2D eigenvalue weighted by atomic mass is 16.5. The predicted molar refractivity (Wildman–Crippen MR) is 102 cm³/mol. The number of ether oxygens (including phenoxy) is 1. The van der Waals surface area contributed by atoms with Gasteiger partial charge in [0.15, 0.2) is 5.65 Å². The SMILES string of the molecule is Cc1cc(N2CCC(Oc3cccc4[nH]ccc34)CC2)n2nccc2n1. The molecule has 1 saturated heterocycles. The van der Waals surface area contributed by atoms with Crippen LogP contribution in [0.3, 0.4) is 0 Å². The molecule has 26 heavy (non-hydrogen) atoms. The van der Waals surface area contributed by atoms with Crippen molar-refractivity contribution in [1.82, 2.24) is 19.6 Å². The summed E-state index contributed by atoms with van der Waals surface area (Å²) in [5.41, 5.74) is 3.04. The van der Waals surface area contributed by atoms with Crippen LogP contribution in [0, 0.1) is 6.92 Å². The van der Waals surface area contributed by atoms with Gasteiger partial charge in [0, 0.05) is 60.9 Å². The Morgan fingerprint density at radius 3 is 2.92 bits per heavy atom. The summed E-state index contributed by atoms with van der Waals surface area (Å²) in [5.74, 6) is 2.08. The first-order valence-corrected chi connectivity index (χ1v) is 9.07. The number of hydrogen-bond acceptors (Lipinski definition) is 4. The average molecular weight is 347 g/mol. The maximum absolute atomic E-state index is 6.33. The Labute approximate surface area is 151 Å². The van der Waals surface area contributed by atoms with E-state index in [-0.39, 0.29) is 6.10 Å². The topological polar surface area (TPSA) is 58.5 Å². The van der Waals surface area contributed by atoms with Crippen molar-refractivity contribution in [2.45, 2.75) is 25.9 Å². The van der Waals surface area contributed by atoms with Crippen molar-refractivity contribution in [3.63, 3.8) is 0 Å². The first kappa shape index (κ1) is 15.3. The van der Waals surface area contributed by atoms with E-state index in [4.69, 9.17) is 4.74 Å². The highest BCUT2D eigenvalue weighted by Gasteiger charge is 2.23. The van der Waals surface area contributed by atoms with Crippen molar-refractivity contribution in [2.75, 3.05) is 18.0 Å². The van der Waals surface area contributed by atoms with Crippen molar-refractivity contribution in [3.05, 3.63) is 54.5 Å². The molecule has 5 rings (SSSR count). The minimum Gasteiger partial charge on any atom is -0.490 e. The van der Waals surface area contributed by atoms with Crippen LogP contribution in [-0.2, 0) is 0 Å². The number of aryl methyl sites for hydroxylation is 1. The Bertz CT molecular complexity index is 1060. The van der Waals surface area contributed by atoms with Gasteiger partial charge in [0.25, 0.3) is 0 Å².